The van der Waals surface area contributed by atoms with Crippen LogP contribution in [0.2, 0.25) is 0 Å². The maximum atomic E-state index is 10.8. The maximum Gasteiger partial charge on any atom is 0.243 e. The lowest BCUT2D eigenvalue weighted by Gasteiger charge is -1.98. The Kier molecular flexibility index (Phi) is 2.27. The first kappa shape index (κ1) is 7.54. The van der Waals surface area contributed by atoms with Crippen LogP contribution in [0.5, 0.6) is 0 Å². The van der Waals surface area contributed by atoms with Crippen LogP contribution in [-0.2, 0) is 9.63 Å². The second-order valence-electron chi connectivity index (χ2n) is 2.91. The average Bonchev–Trinajstić information content (AvgIpc) is 2.47. The van der Waals surface area contributed by atoms with Gasteiger partial charge >= 0.3 is 0 Å². The van der Waals surface area contributed by atoms with Crippen LogP contribution in [0.1, 0.15) is 19.8 Å². The number of hydroxylamine groups is 1. The van der Waals surface area contributed by atoms with Crippen molar-refractivity contribution in [3.63, 3.8) is 0 Å². The van der Waals surface area contributed by atoms with Crippen molar-refractivity contribution in [2.45, 2.75) is 19.8 Å². The molecule has 0 spiro atoms. The topological polar surface area (TPSA) is 38.3 Å². The van der Waals surface area contributed by atoms with Gasteiger partial charge in [0.15, 0.2) is 0 Å². The van der Waals surface area contributed by atoms with Crippen LogP contribution >= 0.6 is 0 Å². The normalized spacial score (nSPS) is 29.8. The zero-order valence-electron chi connectivity index (χ0n) is 6.39. The molecule has 0 bridgehead atoms. The van der Waals surface area contributed by atoms with E-state index in [9.17, 15) is 4.79 Å². The molecule has 1 fully saturated rings. The summed E-state index contributed by atoms with van der Waals surface area (Å²) in [6.07, 6.45) is 1.81. The largest absolute Gasteiger partial charge is 0.277 e. The maximum absolute atomic E-state index is 10.8. The standard InChI is InChI=1S/C7H13NO2/c1-5-3-6(5)4-7(9)8-10-2/h5-6H,3-4H2,1-2H3,(H,8,9). The highest BCUT2D eigenvalue weighted by molar-refractivity contribution is 5.75. The zero-order chi connectivity index (χ0) is 7.56. The van der Waals surface area contributed by atoms with Gasteiger partial charge in [0.1, 0.15) is 0 Å². The summed E-state index contributed by atoms with van der Waals surface area (Å²) in [4.78, 5) is 15.3. The number of carbonyl (C=O) groups is 1. The van der Waals surface area contributed by atoms with Crippen LogP contribution in [0, 0.1) is 11.8 Å². The van der Waals surface area contributed by atoms with Crippen LogP contribution in [0.25, 0.3) is 0 Å². The number of amides is 1. The van der Waals surface area contributed by atoms with Gasteiger partial charge in [-0.1, -0.05) is 6.92 Å². The fraction of sp³-hybridized carbons (Fsp3) is 0.857. The number of hydrogen-bond acceptors (Lipinski definition) is 2. The third-order valence-corrected chi connectivity index (χ3v) is 1.94. The van der Waals surface area contributed by atoms with E-state index in [1.165, 1.54) is 13.5 Å². The molecule has 58 valence electrons. The number of hydrogen-bond donors (Lipinski definition) is 1. The molecule has 1 amide bonds. The number of rotatable bonds is 3. The van der Waals surface area contributed by atoms with Gasteiger partial charge in [-0.15, -0.1) is 0 Å². The van der Waals surface area contributed by atoms with Crippen molar-refractivity contribution < 1.29 is 9.63 Å². The molecule has 2 unspecified atom stereocenters. The third-order valence-electron chi connectivity index (χ3n) is 1.94. The van der Waals surface area contributed by atoms with Crippen molar-refractivity contribution >= 4 is 5.91 Å². The van der Waals surface area contributed by atoms with Crippen LogP contribution in [-0.4, -0.2) is 13.0 Å². The second-order valence-corrected chi connectivity index (χ2v) is 2.91. The molecular formula is C7H13NO2. The minimum absolute atomic E-state index is 0.00292. The van der Waals surface area contributed by atoms with Gasteiger partial charge < -0.3 is 0 Å². The van der Waals surface area contributed by atoms with Crippen LogP contribution < -0.4 is 5.48 Å². The van der Waals surface area contributed by atoms with Gasteiger partial charge in [0.25, 0.3) is 0 Å². The Hall–Kier alpha value is -0.570. The zero-order valence-corrected chi connectivity index (χ0v) is 6.39. The molecule has 0 radical (unpaired) electrons. The van der Waals surface area contributed by atoms with E-state index >= 15 is 0 Å². The molecule has 1 aliphatic carbocycles. The molecule has 2 atom stereocenters. The minimum atomic E-state index is -0.00292. The van der Waals surface area contributed by atoms with Gasteiger partial charge in [-0.2, -0.15) is 0 Å². The van der Waals surface area contributed by atoms with Crippen LogP contribution in [0.15, 0.2) is 0 Å². The van der Waals surface area contributed by atoms with Crippen LogP contribution in [0.4, 0.5) is 0 Å². The Bertz CT molecular complexity index is 136. The summed E-state index contributed by atoms with van der Waals surface area (Å²) in [6.45, 7) is 2.16. The highest BCUT2D eigenvalue weighted by Crippen LogP contribution is 2.40. The Morgan fingerprint density at radius 3 is 2.80 bits per heavy atom. The quantitative estimate of drug-likeness (QED) is 0.591. The van der Waals surface area contributed by atoms with Gasteiger partial charge in [0, 0.05) is 6.42 Å². The summed E-state index contributed by atoms with van der Waals surface area (Å²) < 4.78 is 0. The highest BCUT2D eigenvalue weighted by Gasteiger charge is 2.34. The third kappa shape index (κ3) is 1.99. The molecule has 3 nitrogen and oxygen atoms in total. The molecule has 1 N–H and O–H groups in total. The molecule has 0 aromatic rings. The fourth-order valence-corrected chi connectivity index (χ4v) is 1.08. The van der Waals surface area contributed by atoms with Crippen molar-refractivity contribution in [3.05, 3.63) is 0 Å². The van der Waals surface area contributed by atoms with E-state index in [-0.39, 0.29) is 5.91 Å². The van der Waals surface area contributed by atoms with Crippen molar-refractivity contribution in [2.24, 2.45) is 11.8 Å². The minimum Gasteiger partial charge on any atom is -0.277 e. The average molecular weight is 143 g/mol. The van der Waals surface area contributed by atoms with E-state index < -0.39 is 0 Å². The van der Waals surface area contributed by atoms with Crippen molar-refractivity contribution in [3.8, 4) is 0 Å². The van der Waals surface area contributed by atoms with Crippen LogP contribution in [0.3, 0.4) is 0 Å². The summed E-state index contributed by atoms with van der Waals surface area (Å²) in [5.74, 6) is 1.34. The summed E-state index contributed by atoms with van der Waals surface area (Å²) >= 11 is 0. The molecule has 0 aromatic heterocycles. The SMILES string of the molecule is CONC(=O)CC1CC1C. The second kappa shape index (κ2) is 3.01. The molecule has 0 saturated heterocycles. The monoisotopic (exact) mass is 143 g/mol. The van der Waals surface area contributed by atoms with E-state index in [1.807, 2.05) is 0 Å². The van der Waals surface area contributed by atoms with Gasteiger partial charge in [-0.25, -0.2) is 5.48 Å². The van der Waals surface area contributed by atoms with E-state index in [2.05, 4.69) is 17.2 Å². The van der Waals surface area contributed by atoms with Gasteiger partial charge in [-0.05, 0) is 18.3 Å². The van der Waals surface area contributed by atoms with Crippen molar-refractivity contribution in [1.29, 1.82) is 0 Å². The van der Waals surface area contributed by atoms with Crippen molar-refractivity contribution in [2.75, 3.05) is 7.11 Å². The molecule has 0 aliphatic heterocycles. The predicted molar refractivity (Wildman–Crippen MR) is 37.0 cm³/mol. The lowest BCUT2D eigenvalue weighted by Crippen LogP contribution is -2.21. The molecular weight excluding hydrogens is 130 g/mol. The number of carbonyl (C=O) groups excluding carboxylic acids is 1. The summed E-state index contributed by atoms with van der Waals surface area (Å²) in [7, 11) is 1.45. The van der Waals surface area contributed by atoms with Gasteiger partial charge in [0.2, 0.25) is 5.91 Å². The van der Waals surface area contributed by atoms with Crippen molar-refractivity contribution in [1.82, 2.24) is 5.48 Å². The van der Waals surface area contributed by atoms with Gasteiger partial charge in [0.05, 0.1) is 7.11 Å². The molecule has 1 saturated carbocycles. The first-order valence-electron chi connectivity index (χ1n) is 3.56. The summed E-state index contributed by atoms with van der Waals surface area (Å²) in [5.41, 5.74) is 2.30. The van der Waals surface area contributed by atoms with E-state index in [1.54, 1.807) is 0 Å². The summed E-state index contributed by atoms with van der Waals surface area (Å²) in [6, 6.07) is 0. The first-order valence-corrected chi connectivity index (χ1v) is 3.56. The predicted octanol–water partition coefficient (Wildman–Crippen LogP) is 0.710. The van der Waals surface area contributed by atoms with Gasteiger partial charge in [-0.3, -0.25) is 9.63 Å². The molecule has 1 rings (SSSR count). The lowest BCUT2D eigenvalue weighted by molar-refractivity contribution is -0.131. The smallest absolute Gasteiger partial charge is 0.243 e. The number of nitrogens with one attached hydrogen (secondary N) is 1. The molecule has 0 heterocycles. The van der Waals surface area contributed by atoms with E-state index in [4.69, 9.17) is 0 Å². The van der Waals surface area contributed by atoms with E-state index in [0.717, 1.165) is 5.92 Å². The Morgan fingerprint density at radius 2 is 2.40 bits per heavy atom. The fourth-order valence-electron chi connectivity index (χ4n) is 1.08. The molecule has 1 aliphatic rings. The molecule has 3 heteroatoms. The molecule has 0 aromatic carbocycles. The van der Waals surface area contributed by atoms with E-state index in [0.29, 0.717) is 12.3 Å². The summed E-state index contributed by atoms with van der Waals surface area (Å²) in [5, 5.41) is 0. The highest BCUT2D eigenvalue weighted by atomic mass is 16.6. The Morgan fingerprint density at radius 1 is 1.80 bits per heavy atom. The Labute approximate surface area is 60.7 Å². The Balaban J connectivity index is 2.07. The molecule has 10 heavy (non-hydrogen) atoms. The first-order chi connectivity index (χ1) is 4.74. The lowest BCUT2D eigenvalue weighted by atomic mass is 10.2.